The van der Waals surface area contributed by atoms with Crippen LogP contribution in [0, 0.1) is 11.3 Å². The van der Waals surface area contributed by atoms with Gasteiger partial charge >= 0.3 is 0 Å². The lowest BCUT2D eigenvalue weighted by atomic mass is 9.77. The highest BCUT2D eigenvalue weighted by Crippen LogP contribution is 2.47. The van der Waals surface area contributed by atoms with E-state index in [1.54, 1.807) is 19.2 Å². The summed E-state index contributed by atoms with van der Waals surface area (Å²) < 4.78 is 17.3. The molecule has 1 atom stereocenters. The van der Waals surface area contributed by atoms with E-state index in [1.807, 2.05) is 6.92 Å². The lowest BCUT2D eigenvalue weighted by Gasteiger charge is -2.31. The molecule has 0 bridgehead atoms. The Morgan fingerprint density at radius 3 is 2.81 bits per heavy atom. The smallest absolute Gasteiger partial charge is 0.205 e. The number of halogens is 1. The largest absolute Gasteiger partial charge is 0.493 e. The molecule has 136 valence electrons. The van der Waals surface area contributed by atoms with Crippen LogP contribution in [0.15, 0.2) is 39.4 Å². The molecule has 0 saturated heterocycles. The van der Waals surface area contributed by atoms with E-state index in [1.165, 1.54) is 0 Å². The van der Waals surface area contributed by atoms with Gasteiger partial charge in [0.1, 0.15) is 17.4 Å². The van der Waals surface area contributed by atoms with E-state index in [-0.39, 0.29) is 17.2 Å². The molecule has 0 amide bonds. The Morgan fingerprint density at radius 1 is 1.38 bits per heavy atom. The standard InChI is InChI=1S/C19H19BrN2O4/c1-3-25-16-7-10(12(20)8-15(16)24-2)17-11(9-21)19(22)26-14-6-4-5-13(23)18(14)17/h7-8,17H,3-6,22H2,1-2H3/t17-/m1/s1. The first-order valence-corrected chi connectivity index (χ1v) is 9.15. The van der Waals surface area contributed by atoms with Crippen molar-refractivity contribution in [1.29, 1.82) is 5.26 Å². The molecule has 26 heavy (non-hydrogen) atoms. The number of ketones is 1. The third kappa shape index (κ3) is 3.06. The van der Waals surface area contributed by atoms with Crippen LogP contribution in [0.25, 0.3) is 0 Å². The first-order valence-electron chi connectivity index (χ1n) is 8.35. The number of ether oxygens (including phenoxy) is 3. The van der Waals surface area contributed by atoms with Crippen molar-refractivity contribution in [3.8, 4) is 17.6 Å². The maximum absolute atomic E-state index is 12.6. The summed E-state index contributed by atoms with van der Waals surface area (Å²) >= 11 is 3.54. The molecule has 1 aromatic carbocycles. The van der Waals surface area contributed by atoms with Crippen molar-refractivity contribution < 1.29 is 19.0 Å². The minimum absolute atomic E-state index is 0.0165. The second-order valence-corrected chi connectivity index (χ2v) is 6.85. The van der Waals surface area contributed by atoms with Crippen LogP contribution in [0.1, 0.15) is 37.7 Å². The van der Waals surface area contributed by atoms with Crippen LogP contribution in [-0.4, -0.2) is 19.5 Å². The Morgan fingerprint density at radius 2 is 2.15 bits per heavy atom. The zero-order valence-corrected chi connectivity index (χ0v) is 16.2. The average molecular weight is 419 g/mol. The van der Waals surface area contributed by atoms with Crippen molar-refractivity contribution >= 4 is 21.7 Å². The van der Waals surface area contributed by atoms with Crippen LogP contribution in [-0.2, 0) is 9.53 Å². The second-order valence-electron chi connectivity index (χ2n) is 6.00. The maximum atomic E-state index is 12.6. The van der Waals surface area contributed by atoms with Gasteiger partial charge in [-0.3, -0.25) is 4.79 Å². The summed E-state index contributed by atoms with van der Waals surface area (Å²) in [5.41, 5.74) is 7.45. The predicted octanol–water partition coefficient (Wildman–Crippen LogP) is 3.67. The van der Waals surface area contributed by atoms with Gasteiger partial charge in [-0.15, -0.1) is 0 Å². The van der Waals surface area contributed by atoms with Gasteiger partial charge in [0.15, 0.2) is 17.3 Å². The molecular formula is C19H19BrN2O4. The molecule has 0 aromatic heterocycles. The predicted molar refractivity (Wildman–Crippen MR) is 98.4 cm³/mol. The third-order valence-corrected chi connectivity index (χ3v) is 5.19. The van der Waals surface area contributed by atoms with Crippen LogP contribution in [0.5, 0.6) is 11.5 Å². The van der Waals surface area contributed by atoms with Gasteiger partial charge in [-0.2, -0.15) is 5.26 Å². The molecule has 1 aromatic rings. The Hall–Kier alpha value is -2.46. The van der Waals surface area contributed by atoms with Crippen molar-refractivity contribution in [1.82, 2.24) is 0 Å². The van der Waals surface area contributed by atoms with Gasteiger partial charge in [0.25, 0.3) is 0 Å². The Kier molecular flexibility index (Phi) is 5.23. The number of hydrogen-bond acceptors (Lipinski definition) is 6. The van der Waals surface area contributed by atoms with Crippen molar-refractivity contribution in [3.63, 3.8) is 0 Å². The number of rotatable bonds is 4. The average Bonchev–Trinajstić information content (AvgIpc) is 2.62. The number of benzene rings is 1. The van der Waals surface area contributed by atoms with Crippen LogP contribution in [0.3, 0.4) is 0 Å². The lowest BCUT2D eigenvalue weighted by molar-refractivity contribution is -0.116. The van der Waals surface area contributed by atoms with Crippen molar-refractivity contribution in [2.24, 2.45) is 5.73 Å². The molecule has 6 nitrogen and oxygen atoms in total. The van der Waals surface area contributed by atoms with Gasteiger partial charge in [0, 0.05) is 22.9 Å². The van der Waals surface area contributed by atoms with E-state index in [0.29, 0.717) is 53.2 Å². The van der Waals surface area contributed by atoms with Crippen molar-refractivity contribution in [2.75, 3.05) is 13.7 Å². The zero-order chi connectivity index (χ0) is 18.8. The highest BCUT2D eigenvalue weighted by molar-refractivity contribution is 9.10. The van der Waals surface area contributed by atoms with Crippen LogP contribution >= 0.6 is 15.9 Å². The summed E-state index contributed by atoms with van der Waals surface area (Å²) in [5, 5.41) is 9.66. The van der Waals surface area contributed by atoms with E-state index in [9.17, 15) is 10.1 Å². The number of methoxy groups -OCH3 is 1. The minimum Gasteiger partial charge on any atom is -0.493 e. The SMILES string of the molecule is CCOc1cc([C@@H]2C(C#N)=C(N)OC3=C2C(=O)CCC3)c(Br)cc1OC. The normalized spacial score (nSPS) is 19.6. The summed E-state index contributed by atoms with van der Waals surface area (Å²) in [6.45, 7) is 2.33. The summed E-state index contributed by atoms with van der Waals surface area (Å²) in [6.07, 6.45) is 1.78. The van der Waals surface area contributed by atoms with Gasteiger partial charge in [-0.1, -0.05) is 15.9 Å². The monoisotopic (exact) mass is 418 g/mol. The number of nitrogens with two attached hydrogens (primary N) is 1. The Labute approximate surface area is 160 Å². The molecular weight excluding hydrogens is 400 g/mol. The van der Waals surface area contributed by atoms with E-state index in [4.69, 9.17) is 19.9 Å². The number of Topliss-reactive ketones (excluding diaryl/α,β-unsaturated/α-hetero) is 1. The third-order valence-electron chi connectivity index (χ3n) is 4.50. The molecule has 1 heterocycles. The molecule has 0 radical (unpaired) electrons. The molecule has 0 saturated carbocycles. The fourth-order valence-corrected chi connectivity index (χ4v) is 3.92. The van der Waals surface area contributed by atoms with Crippen LogP contribution < -0.4 is 15.2 Å². The highest BCUT2D eigenvalue weighted by atomic mass is 79.9. The number of allylic oxidation sites excluding steroid dienone is 3. The fraction of sp³-hybridized carbons (Fsp3) is 0.368. The lowest BCUT2D eigenvalue weighted by Crippen LogP contribution is -2.27. The minimum atomic E-state index is -0.587. The Balaban J connectivity index is 2.22. The van der Waals surface area contributed by atoms with Gasteiger partial charge in [-0.25, -0.2) is 0 Å². The number of carbonyl (C=O) groups is 1. The number of nitrogens with zero attached hydrogens (tertiary/aromatic N) is 1. The molecule has 2 N–H and O–H groups in total. The molecule has 1 aliphatic carbocycles. The highest BCUT2D eigenvalue weighted by Gasteiger charge is 2.39. The summed E-state index contributed by atoms with van der Waals surface area (Å²) in [7, 11) is 1.56. The molecule has 3 rings (SSSR count). The molecule has 0 spiro atoms. The molecule has 0 fully saturated rings. The Bertz CT molecular complexity index is 867. The number of carbonyl (C=O) groups excluding carboxylic acids is 1. The zero-order valence-electron chi connectivity index (χ0n) is 14.6. The van der Waals surface area contributed by atoms with Crippen molar-refractivity contribution in [3.05, 3.63) is 45.0 Å². The summed E-state index contributed by atoms with van der Waals surface area (Å²) in [5.74, 6) is 1.11. The summed E-state index contributed by atoms with van der Waals surface area (Å²) in [6, 6.07) is 5.68. The van der Waals surface area contributed by atoms with Gasteiger partial charge in [-0.05, 0) is 31.0 Å². The van der Waals surface area contributed by atoms with Gasteiger partial charge < -0.3 is 19.9 Å². The van der Waals surface area contributed by atoms with Crippen LogP contribution in [0.2, 0.25) is 0 Å². The first kappa shape index (κ1) is 18.3. The van der Waals surface area contributed by atoms with Gasteiger partial charge in [0.05, 0.1) is 19.6 Å². The second kappa shape index (κ2) is 7.42. The van der Waals surface area contributed by atoms with Crippen LogP contribution in [0.4, 0.5) is 0 Å². The molecule has 0 unspecified atom stereocenters. The maximum Gasteiger partial charge on any atom is 0.205 e. The molecule has 2 aliphatic rings. The first-order chi connectivity index (χ1) is 12.5. The summed E-state index contributed by atoms with van der Waals surface area (Å²) in [4.78, 5) is 12.6. The quantitative estimate of drug-likeness (QED) is 0.801. The molecule has 1 aliphatic heterocycles. The van der Waals surface area contributed by atoms with E-state index < -0.39 is 5.92 Å². The topological polar surface area (TPSA) is 94.6 Å². The number of hydrogen-bond donors (Lipinski definition) is 1. The van der Waals surface area contributed by atoms with Gasteiger partial charge in [0.2, 0.25) is 5.88 Å². The van der Waals surface area contributed by atoms with E-state index in [2.05, 4.69) is 22.0 Å². The number of nitriles is 1. The van der Waals surface area contributed by atoms with E-state index in [0.717, 1.165) is 5.56 Å². The van der Waals surface area contributed by atoms with E-state index >= 15 is 0 Å². The molecule has 7 heteroatoms. The van der Waals surface area contributed by atoms with Crippen molar-refractivity contribution in [2.45, 2.75) is 32.1 Å². The fourth-order valence-electron chi connectivity index (χ4n) is 3.37.